The fraction of sp³-hybridized carbons (Fsp3) is 0.708. The van der Waals surface area contributed by atoms with Gasteiger partial charge in [0.05, 0.1) is 6.61 Å². The molecule has 6 nitrogen and oxygen atoms in total. The number of hydrogen-bond acceptors (Lipinski definition) is 4. The molecule has 2 rings (SSSR count). The van der Waals surface area contributed by atoms with Crippen LogP contribution in [0.4, 0.5) is 4.79 Å². The largest absolute Gasteiger partial charge is 0.483 e. The Kier molecular flexibility index (Phi) is 9.45. The molecule has 31 heavy (non-hydrogen) atoms. The van der Waals surface area contributed by atoms with Crippen molar-refractivity contribution in [3.05, 3.63) is 28.8 Å². The van der Waals surface area contributed by atoms with Gasteiger partial charge in [0.1, 0.15) is 5.75 Å². The molecule has 1 saturated carbocycles. The highest BCUT2D eigenvalue weighted by Crippen LogP contribution is 2.52. The van der Waals surface area contributed by atoms with Crippen LogP contribution in [0.1, 0.15) is 82.4 Å². The number of alkyl carbamates (subject to hydrolysis) is 1. The van der Waals surface area contributed by atoms with Crippen molar-refractivity contribution in [1.29, 1.82) is 0 Å². The van der Waals surface area contributed by atoms with Crippen molar-refractivity contribution in [2.75, 3.05) is 13.0 Å². The molecule has 1 unspecified atom stereocenters. The molecule has 1 aromatic carbocycles. The predicted octanol–water partition coefficient (Wildman–Crippen LogP) is 6.09. The van der Waals surface area contributed by atoms with Gasteiger partial charge in [-0.2, -0.15) is 0 Å². The number of carbonyl (C=O) groups is 1. The van der Waals surface area contributed by atoms with Gasteiger partial charge < -0.3 is 19.7 Å². The van der Waals surface area contributed by atoms with E-state index in [1.54, 1.807) is 0 Å². The van der Waals surface area contributed by atoms with Gasteiger partial charge in [0, 0.05) is 11.2 Å². The summed E-state index contributed by atoms with van der Waals surface area (Å²) in [6.07, 6.45) is 6.79. The number of benzene rings is 1. The summed E-state index contributed by atoms with van der Waals surface area (Å²) in [5.74, 6) is 0.679. The van der Waals surface area contributed by atoms with E-state index in [1.807, 2.05) is 39.8 Å². The zero-order valence-corrected chi connectivity index (χ0v) is 20.7. The van der Waals surface area contributed by atoms with Crippen molar-refractivity contribution in [3.63, 3.8) is 0 Å². The first-order valence-electron chi connectivity index (χ1n) is 11.5. The summed E-state index contributed by atoms with van der Waals surface area (Å²) in [6, 6.07) is 4.05. The molecule has 0 bridgehead atoms. The summed E-state index contributed by atoms with van der Waals surface area (Å²) < 4.78 is 23.9. The SMILES string of the molecule is CCCCOC(=O)NC(C)(C)Cc1cc(C)c(OCP(=O)(O)C2CCCCC2)c(C)c1. The van der Waals surface area contributed by atoms with Crippen LogP contribution in [0.5, 0.6) is 5.75 Å². The number of carbonyl (C=O) groups excluding carboxylic acids is 1. The second kappa shape index (κ2) is 11.4. The number of amides is 1. The maximum absolute atomic E-state index is 12.8. The molecular formula is C24H40NO5P. The van der Waals surface area contributed by atoms with Crippen LogP contribution >= 0.6 is 7.37 Å². The summed E-state index contributed by atoms with van der Waals surface area (Å²) >= 11 is 0. The molecule has 176 valence electrons. The summed E-state index contributed by atoms with van der Waals surface area (Å²) in [5.41, 5.74) is 2.33. The van der Waals surface area contributed by atoms with E-state index in [2.05, 4.69) is 12.2 Å². The monoisotopic (exact) mass is 453 g/mol. The quantitative estimate of drug-likeness (QED) is 0.331. The normalized spacial score (nSPS) is 17.1. The fourth-order valence-corrected chi connectivity index (χ4v) is 5.99. The van der Waals surface area contributed by atoms with E-state index in [1.165, 1.54) is 0 Å². The molecule has 2 N–H and O–H groups in total. The first-order valence-corrected chi connectivity index (χ1v) is 13.4. The predicted molar refractivity (Wildman–Crippen MR) is 125 cm³/mol. The topological polar surface area (TPSA) is 84.9 Å². The van der Waals surface area contributed by atoms with Gasteiger partial charge in [-0.3, -0.25) is 4.57 Å². The van der Waals surface area contributed by atoms with Gasteiger partial charge in [-0.1, -0.05) is 44.7 Å². The highest BCUT2D eigenvalue weighted by Gasteiger charge is 2.33. The van der Waals surface area contributed by atoms with Crippen LogP contribution in [-0.2, 0) is 15.7 Å². The van der Waals surface area contributed by atoms with E-state index in [4.69, 9.17) is 9.47 Å². The average molecular weight is 454 g/mol. The first-order chi connectivity index (χ1) is 14.5. The molecule has 1 atom stereocenters. The molecule has 0 heterocycles. The van der Waals surface area contributed by atoms with Crippen LogP contribution in [0, 0.1) is 13.8 Å². The van der Waals surface area contributed by atoms with Crippen molar-refractivity contribution in [1.82, 2.24) is 5.32 Å². The number of ether oxygens (including phenoxy) is 2. The van der Waals surface area contributed by atoms with Crippen molar-refractivity contribution in [3.8, 4) is 5.75 Å². The van der Waals surface area contributed by atoms with Gasteiger partial charge in [-0.15, -0.1) is 0 Å². The Labute approximate surface area is 187 Å². The van der Waals surface area contributed by atoms with Gasteiger partial charge in [0.25, 0.3) is 0 Å². The molecule has 1 fully saturated rings. The van der Waals surface area contributed by atoms with Crippen molar-refractivity contribution >= 4 is 13.5 Å². The van der Waals surface area contributed by atoms with E-state index in [9.17, 15) is 14.3 Å². The molecule has 1 amide bonds. The number of aryl methyl sites for hydroxylation is 2. The second-order valence-corrected chi connectivity index (χ2v) is 12.1. The minimum Gasteiger partial charge on any atom is -0.483 e. The third kappa shape index (κ3) is 8.16. The van der Waals surface area contributed by atoms with E-state index in [-0.39, 0.29) is 12.0 Å². The van der Waals surface area contributed by atoms with Crippen molar-refractivity contribution in [2.45, 2.75) is 97.2 Å². The number of nitrogens with one attached hydrogen (secondary N) is 1. The Morgan fingerprint density at radius 3 is 2.39 bits per heavy atom. The van der Waals surface area contributed by atoms with E-state index in [0.717, 1.165) is 61.6 Å². The van der Waals surface area contributed by atoms with Crippen LogP contribution in [0.15, 0.2) is 12.1 Å². The van der Waals surface area contributed by atoms with E-state index < -0.39 is 19.0 Å². The van der Waals surface area contributed by atoms with Gasteiger partial charge in [0.2, 0.25) is 7.37 Å². The van der Waals surface area contributed by atoms with Crippen LogP contribution in [0.2, 0.25) is 0 Å². The Morgan fingerprint density at radius 2 is 1.81 bits per heavy atom. The molecule has 1 aliphatic carbocycles. The molecular weight excluding hydrogens is 413 g/mol. The van der Waals surface area contributed by atoms with Crippen LogP contribution < -0.4 is 10.1 Å². The Morgan fingerprint density at radius 1 is 1.19 bits per heavy atom. The third-order valence-electron chi connectivity index (χ3n) is 5.88. The van der Waals surface area contributed by atoms with Gasteiger partial charge in [-0.25, -0.2) is 4.79 Å². The third-order valence-corrected chi connectivity index (χ3v) is 8.03. The molecule has 0 saturated heterocycles. The molecule has 0 aliphatic heterocycles. The van der Waals surface area contributed by atoms with Crippen molar-refractivity contribution < 1.29 is 23.7 Å². The lowest BCUT2D eigenvalue weighted by Crippen LogP contribution is -2.45. The number of rotatable bonds is 10. The lowest BCUT2D eigenvalue weighted by atomic mass is 9.92. The minimum atomic E-state index is -3.33. The first kappa shape index (κ1) is 25.7. The average Bonchev–Trinajstić information content (AvgIpc) is 2.67. The fourth-order valence-electron chi connectivity index (χ4n) is 4.29. The minimum absolute atomic E-state index is 0.130. The highest BCUT2D eigenvalue weighted by molar-refractivity contribution is 7.58. The van der Waals surface area contributed by atoms with Gasteiger partial charge in [-0.05, 0) is 70.1 Å². The summed E-state index contributed by atoms with van der Waals surface area (Å²) in [7, 11) is -3.33. The summed E-state index contributed by atoms with van der Waals surface area (Å²) in [4.78, 5) is 22.5. The van der Waals surface area contributed by atoms with Crippen molar-refractivity contribution in [2.24, 2.45) is 0 Å². The Bertz CT molecular complexity index is 763. The standard InChI is InChI=1S/C24H40NO5P/c1-6-7-13-29-23(26)25-24(4,5)16-20-14-18(2)22(19(3)15-20)30-17-31(27,28)21-11-9-8-10-12-21/h14-15,21H,6-13,16-17H2,1-5H3,(H,25,26)(H,27,28). The molecule has 1 aliphatic rings. The number of hydrogen-bond donors (Lipinski definition) is 2. The number of unbranched alkanes of at least 4 members (excludes halogenated alkanes) is 1. The lowest BCUT2D eigenvalue weighted by Gasteiger charge is -2.28. The lowest BCUT2D eigenvalue weighted by molar-refractivity contribution is 0.134. The zero-order valence-electron chi connectivity index (χ0n) is 19.8. The van der Waals surface area contributed by atoms with Gasteiger partial charge in [0.15, 0.2) is 6.35 Å². The van der Waals surface area contributed by atoms with Crippen LogP contribution in [-0.4, -0.2) is 35.1 Å². The molecule has 7 heteroatoms. The maximum atomic E-state index is 12.8. The molecule has 0 aromatic heterocycles. The maximum Gasteiger partial charge on any atom is 0.407 e. The van der Waals surface area contributed by atoms with Gasteiger partial charge >= 0.3 is 6.09 Å². The molecule has 0 spiro atoms. The second-order valence-electron chi connectivity index (χ2n) is 9.55. The Hall–Kier alpha value is -1.52. The van der Waals surface area contributed by atoms with Crippen LogP contribution in [0.25, 0.3) is 0 Å². The summed E-state index contributed by atoms with van der Waals surface area (Å²) in [5, 5.41) is 2.94. The zero-order chi connectivity index (χ0) is 23.1. The molecule has 0 radical (unpaired) electrons. The van der Waals surface area contributed by atoms with E-state index in [0.29, 0.717) is 18.8 Å². The van der Waals surface area contributed by atoms with E-state index >= 15 is 0 Å². The molecule has 1 aromatic rings. The summed E-state index contributed by atoms with van der Waals surface area (Å²) in [6.45, 7) is 10.3. The van der Waals surface area contributed by atoms with Crippen LogP contribution in [0.3, 0.4) is 0 Å². The Balaban J connectivity index is 1.99. The smallest absolute Gasteiger partial charge is 0.407 e. The highest BCUT2D eigenvalue weighted by atomic mass is 31.2.